The second-order valence-corrected chi connectivity index (χ2v) is 8.06. The number of carbonyl (C=O) groups is 1. The van der Waals surface area contributed by atoms with E-state index in [1.807, 2.05) is 6.07 Å². The standard InChI is InChI=1S/C19H17ClN2O3S/c1-11-2-7-15-13(8-11)9-16(26-15)19(23)24-10-17-21-22-18(25-17)12-3-5-14(20)6-4-12/h3-6,9,11H,2,7-8,10H2,1H3/t11-/m0/s1. The summed E-state index contributed by atoms with van der Waals surface area (Å²) < 4.78 is 10.9. The Labute approximate surface area is 160 Å². The normalized spacial score (nSPS) is 16.3. The summed E-state index contributed by atoms with van der Waals surface area (Å²) in [5.74, 6) is 0.959. The molecular formula is C19H17ClN2O3S. The summed E-state index contributed by atoms with van der Waals surface area (Å²) in [4.78, 5) is 14.3. The van der Waals surface area contributed by atoms with Crippen LogP contribution in [0.15, 0.2) is 34.7 Å². The Bertz CT molecular complexity index is 933. The molecule has 0 saturated carbocycles. The van der Waals surface area contributed by atoms with E-state index >= 15 is 0 Å². The zero-order chi connectivity index (χ0) is 18.1. The maximum atomic E-state index is 12.3. The fourth-order valence-corrected chi connectivity index (χ4v) is 4.25. The molecule has 2 heterocycles. The molecule has 0 bridgehead atoms. The lowest BCUT2D eigenvalue weighted by molar-refractivity contribution is 0.0444. The minimum absolute atomic E-state index is 0.0433. The molecule has 0 saturated heterocycles. The van der Waals surface area contributed by atoms with Gasteiger partial charge in [0.2, 0.25) is 5.89 Å². The van der Waals surface area contributed by atoms with Gasteiger partial charge in [-0.3, -0.25) is 0 Å². The van der Waals surface area contributed by atoms with Crippen LogP contribution in [-0.4, -0.2) is 16.2 Å². The minimum atomic E-state index is -0.344. The molecule has 5 nitrogen and oxygen atoms in total. The number of hydrogen-bond acceptors (Lipinski definition) is 6. The Morgan fingerprint density at radius 2 is 2.15 bits per heavy atom. The predicted molar refractivity (Wildman–Crippen MR) is 99.4 cm³/mol. The molecule has 7 heteroatoms. The Morgan fingerprint density at radius 3 is 2.96 bits per heavy atom. The van der Waals surface area contributed by atoms with Gasteiger partial charge < -0.3 is 9.15 Å². The van der Waals surface area contributed by atoms with E-state index in [9.17, 15) is 4.79 Å². The molecular weight excluding hydrogens is 372 g/mol. The largest absolute Gasteiger partial charge is 0.451 e. The summed E-state index contributed by atoms with van der Waals surface area (Å²) in [5.41, 5.74) is 2.04. The Morgan fingerprint density at radius 1 is 1.35 bits per heavy atom. The minimum Gasteiger partial charge on any atom is -0.451 e. The number of hydrogen-bond donors (Lipinski definition) is 0. The van der Waals surface area contributed by atoms with Gasteiger partial charge in [-0.05, 0) is 61.1 Å². The Balaban J connectivity index is 1.40. The smallest absolute Gasteiger partial charge is 0.348 e. The van der Waals surface area contributed by atoms with Crippen molar-refractivity contribution < 1.29 is 13.9 Å². The molecule has 1 aliphatic carbocycles. The van der Waals surface area contributed by atoms with Crippen LogP contribution in [0, 0.1) is 5.92 Å². The number of aryl methyl sites for hydroxylation is 1. The quantitative estimate of drug-likeness (QED) is 0.592. The molecule has 1 aliphatic rings. The maximum Gasteiger partial charge on any atom is 0.348 e. The molecule has 2 aromatic heterocycles. The molecule has 26 heavy (non-hydrogen) atoms. The maximum absolute atomic E-state index is 12.3. The van der Waals surface area contributed by atoms with Crippen LogP contribution in [-0.2, 0) is 24.2 Å². The highest BCUT2D eigenvalue weighted by atomic mass is 35.5. The molecule has 1 aromatic carbocycles. The van der Waals surface area contributed by atoms with Crippen molar-refractivity contribution in [3.63, 3.8) is 0 Å². The van der Waals surface area contributed by atoms with Crippen molar-refractivity contribution in [1.82, 2.24) is 10.2 Å². The van der Waals surface area contributed by atoms with E-state index in [0.29, 0.717) is 21.7 Å². The van der Waals surface area contributed by atoms with Crippen LogP contribution >= 0.6 is 22.9 Å². The van der Waals surface area contributed by atoms with E-state index in [4.69, 9.17) is 20.8 Å². The van der Waals surface area contributed by atoms with Gasteiger partial charge in [0.05, 0.1) is 0 Å². The van der Waals surface area contributed by atoms with Crippen molar-refractivity contribution in [3.05, 3.63) is 56.6 Å². The van der Waals surface area contributed by atoms with E-state index < -0.39 is 0 Å². The third-order valence-electron chi connectivity index (χ3n) is 4.42. The first-order valence-electron chi connectivity index (χ1n) is 8.45. The topological polar surface area (TPSA) is 65.2 Å². The zero-order valence-corrected chi connectivity index (χ0v) is 15.8. The lowest BCUT2D eigenvalue weighted by Gasteiger charge is -2.16. The highest BCUT2D eigenvalue weighted by Gasteiger charge is 2.21. The van der Waals surface area contributed by atoms with E-state index in [0.717, 1.165) is 18.4 Å². The number of benzene rings is 1. The number of nitrogens with zero attached hydrogens (tertiary/aromatic N) is 2. The summed E-state index contributed by atoms with van der Waals surface area (Å²) in [6.45, 7) is 2.20. The number of ether oxygens (including phenoxy) is 1. The van der Waals surface area contributed by atoms with Crippen LogP contribution in [0.5, 0.6) is 0 Å². The van der Waals surface area contributed by atoms with Crippen LogP contribution in [0.2, 0.25) is 5.02 Å². The van der Waals surface area contributed by atoms with Crippen molar-refractivity contribution in [1.29, 1.82) is 0 Å². The highest BCUT2D eigenvalue weighted by Crippen LogP contribution is 2.32. The number of fused-ring (bicyclic) bond motifs is 1. The van der Waals surface area contributed by atoms with Crippen molar-refractivity contribution in [2.24, 2.45) is 5.92 Å². The van der Waals surface area contributed by atoms with Gasteiger partial charge in [0.15, 0.2) is 6.61 Å². The third kappa shape index (κ3) is 3.66. The molecule has 134 valence electrons. The highest BCUT2D eigenvalue weighted by molar-refractivity contribution is 7.14. The van der Waals surface area contributed by atoms with Gasteiger partial charge in [-0.15, -0.1) is 21.5 Å². The Hall–Kier alpha value is -2.18. The van der Waals surface area contributed by atoms with Crippen LogP contribution in [0.1, 0.15) is 39.3 Å². The first-order valence-corrected chi connectivity index (χ1v) is 9.65. The van der Waals surface area contributed by atoms with Gasteiger partial charge in [-0.1, -0.05) is 18.5 Å². The summed E-state index contributed by atoms with van der Waals surface area (Å²) >= 11 is 7.40. The number of carbonyl (C=O) groups excluding carboxylic acids is 1. The average molecular weight is 389 g/mol. The van der Waals surface area contributed by atoms with Crippen molar-refractivity contribution in [2.75, 3.05) is 0 Å². The molecule has 0 amide bonds. The van der Waals surface area contributed by atoms with Gasteiger partial charge in [0.25, 0.3) is 5.89 Å². The number of esters is 1. The third-order valence-corrected chi connectivity index (χ3v) is 5.88. The molecule has 0 fully saturated rings. The second-order valence-electron chi connectivity index (χ2n) is 6.49. The fraction of sp³-hybridized carbons (Fsp3) is 0.316. The van der Waals surface area contributed by atoms with Crippen LogP contribution < -0.4 is 0 Å². The summed E-state index contributed by atoms with van der Waals surface area (Å²) in [6.07, 6.45) is 3.26. The summed E-state index contributed by atoms with van der Waals surface area (Å²) in [6, 6.07) is 9.05. The zero-order valence-electron chi connectivity index (χ0n) is 14.2. The molecule has 0 radical (unpaired) electrons. The first kappa shape index (κ1) is 17.2. The van der Waals surface area contributed by atoms with Crippen molar-refractivity contribution in [2.45, 2.75) is 32.8 Å². The lowest BCUT2D eigenvalue weighted by atomic mass is 9.90. The molecule has 0 spiro atoms. The monoisotopic (exact) mass is 388 g/mol. The first-order chi connectivity index (χ1) is 12.6. The van der Waals surface area contributed by atoms with Gasteiger partial charge >= 0.3 is 5.97 Å². The molecule has 0 unspecified atom stereocenters. The van der Waals surface area contributed by atoms with E-state index in [1.54, 1.807) is 24.3 Å². The van der Waals surface area contributed by atoms with Gasteiger partial charge in [-0.25, -0.2) is 4.79 Å². The summed E-state index contributed by atoms with van der Waals surface area (Å²) in [5, 5.41) is 8.55. The predicted octanol–water partition coefficient (Wildman–Crippen LogP) is 4.93. The second kappa shape index (κ2) is 7.21. The number of thiophene rings is 1. The van der Waals surface area contributed by atoms with E-state index in [2.05, 4.69) is 17.1 Å². The fourth-order valence-electron chi connectivity index (χ4n) is 3.03. The van der Waals surface area contributed by atoms with E-state index in [-0.39, 0.29) is 18.5 Å². The molecule has 3 aromatic rings. The molecule has 4 rings (SSSR count). The van der Waals surface area contributed by atoms with Crippen LogP contribution in [0.3, 0.4) is 0 Å². The molecule has 0 aliphatic heterocycles. The van der Waals surface area contributed by atoms with Crippen LogP contribution in [0.4, 0.5) is 0 Å². The molecule has 1 atom stereocenters. The van der Waals surface area contributed by atoms with E-state index in [1.165, 1.54) is 28.2 Å². The number of halogens is 1. The van der Waals surface area contributed by atoms with Gasteiger partial charge in [0.1, 0.15) is 4.88 Å². The number of rotatable bonds is 4. The SMILES string of the molecule is C[C@H]1CCc2sc(C(=O)OCc3nnc(-c4ccc(Cl)cc4)o3)cc2C1. The number of aromatic nitrogens is 2. The molecule has 0 N–H and O–H groups in total. The summed E-state index contributed by atoms with van der Waals surface area (Å²) in [7, 11) is 0. The van der Waals surface area contributed by atoms with Crippen LogP contribution in [0.25, 0.3) is 11.5 Å². The van der Waals surface area contributed by atoms with Crippen molar-refractivity contribution in [3.8, 4) is 11.5 Å². The van der Waals surface area contributed by atoms with Crippen molar-refractivity contribution >= 4 is 28.9 Å². The Kier molecular flexibility index (Phi) is 4.78. The van der Waals surface area contributed by atoms with Gasteiger partial charge in [-0.2, -0.15) is 0 Å². The van der Waals surface area contributed by atoms with Gasteiger partial charge in [0, 0.05) is 15.5 Å². The lowest BCUT2D eigenvalue weighted by Crippen LogP contribution is -2.08. The average Bonchev–Trinajstić information content (AvgIpc) is 3.27.